The third kappa shape index (κ3) is 15.2. The molecule has 0 aliphatic heterocycles. The van der Waals surface area contributed by atoms with Crippen LogP contribution in [-0.4, -0.2) is 4.98 Å². The molecule has 0 aliphatic rings. The predicted molar refractivity (Wildman–Crippen MR) is 146 cm³/mol. The minimum atomic E-state index is 1.27. The van der Waals surface area contributed by atoms with Gasteiger partial charge in [-0.1, -0.05) is 136 Å². The molecule has 1 N–H and O–H groups in total. The van der Waals surface area contributed by atoms with Crippen LogP contribution >= 0.6 is 0 Å². The number of aromatic amines is 1. The van der Waals surface area contributed by atoms with Crippen molar-refractivity contribution in [2.24, 2.45) is 0 Å². The summed E-state index contributed by atoms with van der Waals surface area (Å²) < 4.78 is 0. The maximum Gasteiger partial charge on any atom is 0.0182 e. The van der Waals surface area contributed by atoms with E-state index in [2.05, 4.69) is 32.0 Å². The van der Waals surface area contributed by atoms with Crippen molar-refractivity contribution >= 4 is 0 Å². The van der Waals surface area contributed by atoms with E-state index >= 15 is 0 Å². The topological polar surface area (TPSA) is 15.8 Å². The van der Waals surface area contributed by atoms with Gasteiger partial charge in [0.15, 0.2) is 0 Å². The van der Waals surface area contributed by atoms with Crippen LogP contribution in [0, 0.1) is 0 Å². The van der Waals surface area contributed by atoms with Gasteiger partial charge >= 0.3 is 0 Å². The molecular formula is C31H59N. The molecule has 1 heteroatoms. The van der Waals surface area contributed by atoms with E-state index in [0.717, 1.165) is 0 Å². The molecule has 0 radical (unpaired) electrons. The summed E-state index contributed by atoms with van der Waals surface area (Å²) in [5.41, 5.74) is 4.96. The summed E-state index contributed by atoms with van der Waals surface area (Å²) in [4.78, 5) is 3.72. The third-order valence-corrected chi connectivity index (χ3v) is 7.28. The number of aryl methyl sites for hydroxylation is 2. The Morgan fingerprint density at radius 2 is 0.812 bits per heavy atom. The van der Waals surface area contributed by atoms with E-state index in [9.17, 15) is 0 Å². The minimum Gasteiger partial charge on any atom is -0.364 e. The Morgan fingerprint density at radius 3 is 1.28 bits per heavy atom. The molecule has 1 aromatic heterocycles. The predicted octanol–water partition coefficient (Wildman–Crippen LogP) is 10.9. The van der Waals surface area contributed by atoms with Crippen LogP contribution in [0.4, 0.5) is 0 Å². The molecule has 0 aromatic carbocycles. The van der Waals surface area contributed by atoms with Gasteiger partial charge in [0.1, 0.15) is 0 Å². The summed E-state index contributed by atoms with van der Waals surface area (Å²) in [6.45, 7) is 6.93. The van der Waals surface area contributed by atoms with Crippen LogP contribution < -0.4 is 0 Å². The molecule has 0 saturated heterocycles. The van der Waals surface area contributed by atoms with Crippen LogP contribution in [0.15, 0.2) is 6.20 Å². The maximum atomic E-state index is 3.72. The lowest BCUT2D eigenvalue weighted by molar-refractivity contribution is 0.579. The van der Waals surface area contributed by atoms with Crippen molar-refractivity contribution in [1.29, 1.82) is 0 Å². The van der Waals surface area contributed by atoms with Crippen LogP contribution in [0.1, 0.15) is 172 Å². The Balaban J connectivity index is 2.40. The molecule has 0 amide bonds. The molecule has 0 unspecified atom stereocenters. The number of H-pyrrole nitrogens is 1. The Morgan fingerprint density at radius 1 is 0.438 bits per heavy atom. The molecular weight excluding hydrogens is 386 g/mol. The van der Waals surface area contributed by atoms with Crippen LogP contribution in [0.5, 0.6) is 0 Å². The molecule has 1 aromatic rings. The zero-order chi connectivity index (χ0) is 23.1. The van der Waals surface area contributed by atoms with E-state index in [1.807, 2.05) is 0 Å². The highest BCUT2D eigenvalue weighted by Crippen LogP contribution is 2.23. The van der Waals surface area contributed by atoms with Gasteiger partial charge < -0.3 is 4.98 Å². The smallest absolute Gasteiger partial charge is 0.0182 e. The number of aromatic nitrogens is 1. The van der Waals surface area contributed by atoms with Gasteiger partial charge in [-0.05, 0) is 49.7 Å². The number of hydrogen-bond donors (Lipinski definition) is 1. The number of nitrogens with one attached hydrogen (secondary N) is 1. The van der Waals surface area contributed by atoms with Crippen molar-refractivity contribution in [3.8, 4) is 0 Å². The molecule has 0 saturated carbocycles. The fourth-order valence-electron chi connectivity index (χ4n) is 5.09. The Kier molecular flexibility index (Phi) is 20.2. The lowest BCUT2D eigenvalue weighted by atomic mass is 9.96. The second kappa shape index (κ2) is 22.1. The number of rotatable bonds is 24. The highest BCUT2D eigenvalue weighted by molar-refractivity contribution is 5.31. The Labute approximate surface area is 202 Å². The first-order chi connectivity index (χ1) is 15.8. The van der Waals surface area contributed by atoms with Crippen molar-refractivity contribution in [3.63, 3.8) is 0 Å². The first kappa shape index (κ1) is 29.3. The fourth-order valence-corrected chi connectivity index (χ4v) is 5.09. The number of unbranched alkanes of at least 4 members (excludes halogenated alkanes) is 18. The second-order valence-electron chi connectivity index (χ2n) is 10.4. The van der Waals surface area contributed by atoms with E-state index in [1.54, 1.807) is 16.8 Å². The first-order valence-corrected chi connectivity index (χ1v) is 15.0. The lowest BCUT2D eigenvalue weighted by Gasteiger charge is -2.09. The van der Waals surface area contributed by atoms with Gasteiger partial charge in [0.05, 0.1) is 0 Å². The van der Waals surface area contributed by atoms with Crippen LogP contribution in [-0.2, 0) is 19.3 Å². The average molecular weight is 446 g/mol. The Hall–Kier alpha value is -0.720. The standard InChI is InChI=1S/C31H59N/c1-4-7-10-13-16-19-22-25-29-28-32-31(27-24-21-18-15-12-9-6-3)30(29)26-23-20-17-14-11-8-5-2/h28,32H,4-27H2,1-3H3. The summed E-state index contributed by atoms with van der Waals surface area (Å²) in [6.07, 6.45) is 35.9. The van der Waals surface area contributed by atoms with E-state index in [-0.39, 0.29) is 0 Å². The molecule has 0 aliphatic carbocycles. The van der Waals surface area contributed by atoms with Gasteiger partial charge in [0.2, 0.25) is 0 Å². The molecule has 1 heterocycles. The van der Waals surface area contributed by atoms with Gasteiger partial charge in [-0.2, -0.15) is 0 Å². The summed E-state index contributed by atoms with van der Waals surface area (Å²) in [6, 6.07) is 0. The highest BCUT2D eigenvalue weighted by atomic mass is 14.7. The van der Waals surface area contributed by atoms with Gasteiger partial charge in [0.25, 0.3) is 0 Å². The van der Waals surface area contributed by atoms with Gasteiger partial charge in [0, 0.05) is 11.9 Å². The monoisotopic (exact) mass is 445 g/mol. The van der Waals surface area contributed by atoms with E-state index in [0.29, 0.717) is 0 Å². The Bertz CT molecular complexity index is 465. The average Bonchev–Trinajstić information content (AvgIpc) is 3.18. The molecule has 0 atom stereocenters. The van der Waals surface area contributed by atoms with Crippen LogP contribution in [0.3, 0.4) is 0 Å². The molecule has 1 rings (SSSR count). The highest BCUT2D eigenvalue weighted by Gasteiger charge is 2.11. The summed E-state index contributed by atoms with van der Waals surface area (Å²) >= 11 is 0. The molecule has 32 heavy (non-hydrogen) atoms. The normalized spacial score (nSPS) is 11.5. The molecule has 0 bridgehead atoms. The third-order valence-electron chi connectivity index (χ3n) is 7.28. The van der Waals surface area contributed by atoms with Crippen LogP contribution in [0.2, 0.25) is 0 Å². The lowest BCUT2D eigenvalue weighted by Crippen LogP contribution is -1.97. The van der Waals surface area contributed by atoms with Crippen molar-refractivity contribution in [2.75, 3.05) is 0 Å². The quantitative estimate of drug-likeness (QED) is 0.152. The van der Waals surface area contributed by atoms with Gasteiger partial charge in [-0.25, -0.2) is 0 Å². The summed E-state index contributed by atoms with van der Waals surface area (Å²) in [5, 5.41) is 0. The first-order valence-electron chi connectivity index (χ1n) is 15.0. The van der Waals surface area contributed by atoms with Crippen molar-refractivity contribution in [2.45, 2.75) is 175 Å². The van der Waals surface area contributed by atoms with E-state index in [4.69, 9.17) is 0 Å². The van der Waals surface area contributed by atoms with Gasteiger partial charge in [-0.15, -0.1) is 0 Å². The van der Waals surface area contributed by atoms with Crippen LogP contribution in [0.25, 0.3) is 0 Å². The summed E-state index contributed by atoms with van der Waals surface area (Å²) in [5.74, 6) is 0. The second-order valence-corrected chi connectivity index (χ2v) is 10.4. The minimum absolute atomic E-state index is 1.27. The molecule has 0 spiro atoms. The fraction of sp³-hybridized carbons (Fsp3) is 0.871. The maximum absolute atomic E-state index is 3.72. The SMILES string of the molecule is CCCCCCCCCc1c[nH]c(CCCCCCCCC)c1CCCCCCCCC. The van der Waals surface area contributed by atoms with E-state index < -0.39 is 0 Å². The molecule has 1 nitrogen and oxygen atoms in total. The molecule has 188 valence electrons. The van der Waals surface area contributed by atoms with Crippen molar-refractivity contribution < 1.29 is 0 Å². The zero-order valence-electron chi connectivity index (χ0n) is 22.5. The van der Waals surface area contributed by atoms with Gasteiger partial charge in [-0.3, -0.25) is 0 Å². The zero-order valence-corrected chi connectivity index (χ0v) is 22.5. The number of hydrogen-bond acceptors (Lipinski definition) is 0. The van der Waals surface area contributed by atoms with E-state index in [1.165, 1.54) is 154 Å². The summed E-state index contributed by atoms with van der Waals surface area (Å²) in [7, 11) is 0. The largest absolute Gasteiger partial charge is 0.364 e. The molecule has 0 fully saturated rings. The van der Waals surface area contributed by atoms with Crippen molar-refractivity contribution in [1.82, 2.24) is 4.98 Å². The van der Waals surface area contributed by atoms with Crippen molar-refractivity contribution in [3.05, 3.63) is 23.0 Å².